The Morgan fingerprint density at radius 2 is 2.05 bits per heavy atom. The Balaban J connectivity index is 2.19. The summed E-state index contributed by atoms with van der Waals surface area (Å²) >= 11 is 9.39. The van der Waals surface area contributed by atoms with E-state index in [2.05, 4.69) is 43.5 Å². The van der Waals surface area contributed by atoms with Crippen LogP contribution in [0.25, 0.3) is 0 Å². The van der Waals surface area contributed by atoms with Crippen LogP contribution < -0.4 is 10.6 Å². The van der Waals surface area contributed by atoms with E-state index >= 15 is 0 Å². The van der Waals surface area contributed by atoms with E-state index < -0.39 is 0 Å². The number of nitrogens with one attached hydrogen (secondary N) is 2. The van der Waals surface area contributed by atoms with Gasteiger partial charge in [0.2, 0.25) is 5.95 Å². The van der Waals surface area contributed by atoms with Gasteiger partial charge in [0.25, 0.3) is 0 Å². The number of rotatable bonds is 5. The largest absolute Gasteiger partial charge is 0.354 e. The lowest BCUT2D eigenvalue weighted by Crippen LogP contribution is -2.06. The summed E-state index contributed by atoms with van der Waals surface area (Å²) < 4.78 is 0.847. The van der Waals surface area contributed by atoms with Crippen molar-refractivity contribution in [1.82, 2.24) is 9.97 Å². The molecule has 2 aromatic rings. The van der Waals surface area contributed by atoms with Crippen LogP contribution >= 0.6 is 27.5 Å². The zero-order valence-corrected chi connectivity index (χ0v) is 13.7. The van der Waals surface area contributed by atoms with Crippen LogP contribution in [0.5, 0.6) is 0 Å². The van der Waals surface area contributed by atoms with Crippen molar-refractivity contribution in [3.05, 3.63) is 39.5 Å². The second-order valence-electron chi connectivity index (χ2n) is 4.40. The fourth-order valence-corrected chi connectivity index (χ4v) is 2.17. The zero-order valence-electron chi connectivity index (χ0n) is 11.4. The van der Waals surface area contributed by atoms with E-state index in [0.29, 0.717) is 11.0 Å². The van der Waals surface area contributed by atoms with E-state index in [-0.39, 0.29) is 0 Å². The molecule has 0 unspecified atom stereocenters. The minimum Gasteiger partial charge on any atom is -0.354 e. The monoisotopic (exact) mass is 354 g/mol. The maximum Gasteiger partial charge on any atom is 0.224 e. The molecule has 0 radical (unpaired) electrons. The summed E-state index contributed by atoms with van der Waals surface area (Å²) in [6, 6.07) is 7.56. The summed E-state index contributed by atoms with van der Waals surface area (Å²) in [6.07, 6.45) is 1.03. The molecular weight excluding hydrogens is 340 g/mol. The SMILES string of the molecule is CCCNc1nc(C)cc(Nc2ccc(Cl)c(Br)c2)n1. The van der Waals surface area contributed by atoms with Crippen molar-refractivity contribution < 1.29 is 0 Å². The van der Waals surface area contributed by atoms with E-state index in [1.807, 2.05) is 31.2 Å². The van der Waals surface area contributed by atoms with E-state index in [0.717, 1.165) is 34.6 Å². The highest BCUT2D eigenvalue weighted by Crippen LogP contribution is 2.27. The third-order valence-electron chi connectivity index (χ3n) is 2.58. The molecular formula is C14H16BrClN4. The molecule has 0 saturated carbocycles. The third-order valence-corrected chi connectivity index (χ3v) is 3.79. The average molecular weight is 356 g/mol. The number of hydrogen-bond acceptors (Lipinski definition) is 4. The molecule has 0 fully saturated rings. The molecule has 0 atom stereocenters. The summed E-state index contributed by atoms with van der Waals surface area (Å²) in [5.74, 6) is 1.40. The van der Waals surface area contributed by atoms with Gasteiger partial charge < -0.3 is 10.6 Å². The normalized spacial score (nSPS) is 10.4. The molecule has 0 bridgehead atoms. The Morgan fingerprint density at radius 3 is 2.75 bits per heavy atom. The lowest BCUT2D eigenvalue weighted by atomic mass is 10.3. The minimum absolute atomic E-state index is 0.641. The molecule has 1 heterocycles. The molecule has 0 spiro atoms. The standard InChI is InChI=1S/C14H16BrClN4/c1-3-6-17-14-18-9(2)7-13(20-14)19-10-4-5-12(16)11(15)8-10/h4-5,7-8H,3,6H2,1-2H3,(H2,17,18,19,20). The molecule has 1 aromatic heterocycles. The van der Waals surface area contributed by atoms with Crippen LogP contribution in [0.1, 0.15) is 19.0 Å². The molecule has 20 heavy (non-hydrogen) atoms. The molecule has 0 aliphatic rings. The van der Waals surface area contributed by atoms with Crippen LogP contribution in [0.15, 0.2) is 28.7 Å². The van der Waals surface area contributed by atoms with Gasteiger partial charge in [-0.25, -0.2) is 4.98 Å². The maximum absolute atomic E-state index is 5.98. The fourth-order valence-electron chi connectivity index (χ4n) is 1.67. The predicted octanol–water partition coefficient (Wildman–Crippen LogP) is 4.77. The van der Waals surface area contributed by atoms with Crippen LogP contribution in [-0.2, 0) is 0 Å². The molecule has 6 heteroatoms. The molecule has 0 saturated heterocycles. The van der Waals surface area contributed by atoms with Gasteiger partial charge in [-0.2, -0.15) is 4.98 Å². The number of hydrogen-bond donors (Lipinski definition) is 2. The van der Waals surface area contributed by atoms with Gasteiger partial charge in [-0.05, 0) is 47.5 Å². The molecule has 0 aliphatic heterocycles. The van der Waals surface area contributed by atoms with Crippen LogP contribution in [0.4, 0.5) is 17.5 Å². The quantitative estimate of drug-likeness (QED) is 0.811. The highest BCUT2D eigenvalue weighted by atomic mass is 79.9. The van der Waals surface area contributed by atoms with Gasteiger partial charge >= 0.3 is 0 Å². The number of aryl methyl sites for hydroxylation is 1. The van der Waals surface area contributed by atoms with Gasteiger partial charge in [0.15, 0.2) is 0 Å². The van der Waals surface area contributed by atoms with E-state index in [9.17, 15) is 0 Å². The zero-order chi connectivity index (χ0) is 14.5. The second kappa shape index (κ2) is 6.90. The van der Waals surface area contributed by atoms with Gasteiger partial charge in [0.05, 0.1) is 5.02 Å². The van der Waals surface area contributed by atoms with E-state index in [1.165, 1.54) is 0 Å². The second-order valence-corrected chi connectivity index (χ2v) is 5.66. The van der Waals surface area contributed by atoms with Crippen LogP contribution in [-0.4, -0.2) is 16.5 Å². The van der Waals surface area contributed by atoms with Crippen molar-refractivity contribution in [3.8, 4) is 0 Å². The van der Waals surface area contributed by atoms with Crippen molar-refractivity contribution in [3.63, 3.8) is 0 Å². The van der Waals surface area contributed by atoms with Gasteiger partial charge in [0, 0.05) is 28.5 Å². The van der Waals surface area contributed by atoms with Gasteiger partial charge in [0.1, 0.15) is 5.82 Å². The van der Waals surface area contributed by atoms with Crippen molar-refractivity contribution in [2.24, 2.45) is 0 Å². The van der Waals surface area contributed by atoms with Crippen molar-refractivity contribution in [2.75, 3.05) is 17.2 Å². The van der Waals surface area contributed by atoms with E-state index in [1.54, 1.807) is 0 Å². The van der Waals surface area contributed by atoms with E-state index in [4.69, 9.17) is 11.6 Å². The smallest absolute Gasteiger partial charge is 0.224 e. The molecule has 106 valence electrons. The molecule has 0 amide bonds. The van der Waals surface area contributed by atoms with Crippen LogP contribution in [0.2, 0.25) is 5.02 Å². The Labute approximate surface area is 132 Å². The highest BCUT2D eigenvalue weighted by Gasteiger charge is 2.04. The fraction of sp³-hybridized carbons (Fsp3) is 0.286. The first kappa shape index (κ1) is 15.1. The first-order valence-corrected chi connectivity index (χ1v) is 7.57. The number of anilines is 3. The highest BCUT2D eigenvalue weighted by molar-refractivity contribution is 9.10. The van der Waals surface area contributed by atoms with Crippen molar-refractivity contribution in [2.45, 2.75) is 20.3 Å². The molecule has 0 aliphatic carbocycles. The minimum atomic E-state index is 0.641. The summed E-state index contributed by atoms with van der Waals surface area (Å²) in [4.78, 5) is 8.79. The van der Waals surface area contributed by atoms with Gasteiger partial charge in [-0.3, -0.25) is 0 Å². The van der Waals surface area contributed by atoms with Gasteiger partial charge in [-0.15, -0.1) is 0 Å². The Bertz CT molecular complexity index is 604. The third kappa shape index (κ3) is 4.08. The first-order chi connectivity index (χ1) is 9.58. The molecule has 2 N–H and O–H groups in total. The number of aromatic nitrogens is 2. The average Bonchev–Trinajstić information content (AvgIpc) is 2.40. The summed E-state index contributed by atoms with van der Waals surface area (Å²) in [5.41, 5.74) is 1.83. The molecule has 1 aromatic carbocycles. The lowest BCUT2D eigenvalue weighted by molar-refractivity contribution is 0.947. The maximum atomic E-state index is 5.98. The number of nitrogens with zero attached hydrogens (tertiary/aromatic N) is 2. The van der Waals surface area contributed by atoms with Crippen LogP contribution in [0.3, 0.4) is 0 Å². The summed E-state index contributed by atoms with van der Waals surface area (Å²) in [5, 5.41) is 7.12. The first-order valence-electron chi connectivity index (χ1n) is 6.40. The Morgan fingerprint density at radius 1 is 1.25 bits per heavy atom. The lowest BCUT2D eigenvalue weighted by Gasteiger charge is -2.10. The van der Waals surface area contributed by atoms with Crippen molar-refractivity contribution >= 4 is 45.0 Å². The number of halogens is 2. The summed E-state index contributed by atoms with van der Waals surface area (Å²) in [7, 11) is 0. The summed E-state index contributed by atoms with van der Waals surface area (Å²) in [6.45, 7) is 4.91. The van der Waals surface area contributed by atoms with Crippen LogP contribution in [0, 0.1) is 6.92 Å². The Hall–Kier alpha value is -1.33. The molecule has 2 rings (SSSR count). The van der Waals surface area contributed by atoms with Crippen molar-refractivity contribution in [1.29, 1.82) is 0 Å². The topological polar surface area (TPSA) is 49.8 Å². The number of benzene rings is 1. The molecule has 4 nitrogen and oxygen atoms in total. The predicted molar refractivity (Wildman–Crippen MR) is 88.0 cm³/mol. The Kier molecular flexibility index (Phi) is 5.20. The van der Waals surface area contributed by atoms with Gasteiger partial charge in [-0.1, -0.05) is 18.5 Å².